The number of benzene rings is 2. The minimum absolute atomic E-state index is 0.0506. The molecule has 2 N–H and O–H groups in total. The Morgan fingerprint density at radius 1 is 1.08 bits per heavy atom. The lowest BCUT2D eigenvalue weighted by atomic mass is 9.96. The van der Waals surface area contributed by atoms with Gasteiger partial charge in [-0.2, -0.15) is 0 Å². The van der Waals surface area contributed by atoms with Crippen LogP contribution in [0.2, 0.25) is 0 Å². The Morgan fingerprint density at radius 3 is 2.36 bits per heavy atom. The number of carbonyl (C=O) groups excluding carboxylic acids is 2. The molecule has 0 bridgehead atoms. The molecule has 0 radical (unpaired) electrons. The molecule has 2 aromatic rings. The summed E-state index contributed by atoms with van der Waals surface area (Å²) in [5.41, 5.74) is 2.07. The van der Waals surface area contributed by atoms with Gasteiger partial charge in [0, 0.05) is 17.3 Å². The van der Waals surface area contributed by atoms with Gasteiger partial charge < -0.3 is 10.6 Å². The molecule has 1 unspecified atom stereocenters. The summed E-state index contributed by atoms with van der Waals surface area (Å²) in [7, 11) is 0. The first-order chi connectivity index (χ1) is 11.9. The molecule has 0 aromatic heterocycles. The highest BCUT2D eigenvalue weighted by atomic mass is 19.1. The molecule has 0 saturated carbocycles. The highest BCUT2D eigenvalue weighted by molar-refractivity contribution is 5.97. The zero-order valence-corrected chi connectivity index (χ0v) is 14.7. The maximum atomic E-state index is 13.1. The summed E-state index contributed by atoms with van der Waals surface area (Å²) in [6, 6.07) is 13.1. The molecular formula is C20H23FN2O2. The highest BCUT2D eigenvalue weighted by Gasteiger charge is 2.16. The fraction of sp³-hybridized carbons (Fsp3) is 0.300. The SMILES string of the molecule is CC(=O)c1cccc(NC(=O)CNC(c2ccc(F)cc2)C(C)C)c1. The van der Waals surface area contributed by atoms with Gasteiger partial charge in [-0.25, -0.2) is 4.39 Å². The first-order valence-electron chi connectivity index (χ1n) is 8.26. The van der Waals surface area contributed by atoms with E-state index in [4.69, 9.17) is 0 Å². The van der Waals surface area contributed by atoms with Gasteiger partial charge in [0.05, 0.1) is 6.54 Å². The zero-order chi connectivity index (χ0) is 18.4. The summed E-state index contributed by atoms with van der Waals surface area (Å²) in [4.78, 5) is 23.6. The smallest absolute Gasteiger partial charge is 0.238 e. The second-order valence-corrected chi connectivity index (χ2v) is 6.34. The van der Waals surface area contributed by atoms with Crippen molar-refractivity contribution in [3.8, 4) is 0 Å². The zero-order valence-electron chi connectivity index (χ0n) is 14.7. The van der Waals surface area contributed by atoms with Gasteiger partial charge in [0.2, 0.25) is 5.91 Å². The van der Waals surface area contributed by atoms with E-state index in [9.17, 15) is 14.0 Å². The third kappa shape index (κ3) is 5.50. The van der Waals surface area contributed by atoms with Gasteiger partial charge in [-0.15, -0.1) is 0 Å². The molecule has 132 valence electrons. The molecule has 0 aliphatic rings. The van der Waals surface area contributed by atoms with Crippen LogP contribution < -0.4 is 10.6 Å². The van der Waals surface area contributed by atoms with Crippen LogP contribution in [-0.2, 0) is 4.79 Å². The van der Waals surface area contributed by atoms with Crippen LogP contribution in [0.25, 0.3) is 0 Å². The van der Waals surface area contributed by atoms with Gasteiger partial charge >= 0.3 is 0 Å². The van der Waals surface area contributed by atoms with E-state index in [-0.39, 0.29) is 36.0 Å². The van der Waals surface area contributed by atoms with Gasteiger partial charge in [0.15, 0.2) is 5.78 Å². The van der Waals surface area contributed by atoms with Gasteiger partial charge in [0.25, 0.3) is 0 Å². The van der Waals surface area contributed by atoms with E-state index in [0.29, 0.717) is 11.3 Å². The van der Waals surface area contributed by atoms with Crippen LogP contribution in [0.5, 0.6) is 0 Å². The molecule has 4 nitrogen and oxygen atoms in total. The first-order valence-corrected chi connectivity index (χ1v) is 8.26. The van der Waals surface area contributed by atoms with Crippen molar-refractivity contribution < 1.29 is 14.0 Å². The van der Waals surface area contributed by atoms with E-state index in [1.54, 1.807) is 36.4 Å². The molecule has 1 amide bonds. The second kappa shape index (κ2) is 8.53. The number of hydrogen-bond acceptors (Lipinski definition) is 3. The molecule has 2 aromatic carbocycles. The van der Waals surface area contributed by atoms with Gasteiger partial charge in [0.1, 0.15) is 5.82 Å². The fourth-order valence-corrected chi connectivity index (χ4v) is 2.63. The summed E-state index contributed by atoms with van der Waals surface area (Å²) in [5.74, 6) is -0.299. The number of rotatable bonds is 7. The van der Waals surface area contributed by atoms with Gasteiger partial charge in [-0.1, -0.05) is 38.1 Å². The van der Waals surface area contributed by atoms with Crippen molar-refractivity contribution in [2.75, 3.05) is 11.9 Å². The van der Waals surface area contributed by atoms with Crippen molar-refractivity contribution in [1.29, 1.82) is 0 Å². The number of Topliss-reactive ketones (excluding diaryl/α,β-unsaturated/α-hetero) is 1. The molecule has 25 heavy (non-hydrogen) atoms. The Morgan fingerprint density at radius 2 is 1.76 bits per heavy atom. The minimum atomic E-state index is -0.283. The summed E-state index contributed by atoms with van der Waals surface area (Å²) >= 11 is 0. The Kier molecular flexibility index (Phi) is 6.42. The Hall–Kier alpha value is -2.53. The number of amides is 1. The van der Waals surface area contributed by atoms with E-state index in [2.05, 4.69) is 10.6 Å². The fourth-order valence-electron chi connectivity index (χ4n) is 2.63. The normalized spacial score (nSPS) is 12.0. The minimum Gasteiger partial charge on any atom is -0.325 e. The van der Waals surface area contributed by atoms with Crippen molar-refractivity contribution >= 4 is 17.4 Å². The first kappa shape index (κ1) is 18.8. The number of nitrogens with one attached hydrogen (secondary N) is 2. The summed E-state index contributed by atoms with van der Waals surface area (Å²) in [6.07, 6.45) is 0. The third-order valence-electron chi connectivity index (χ3n) is 3.93. The maximum Gasteiger partial charge on any atom is 0.238 e. The van der Waals surface area contributed by atoms with Crippen LogP contribution in [0.15, 0.2) is 48.5 Å². The molecule has 0 spiro atoms. The number of halogens is 1. The van der Waals surface area contributed by atoms with E-state index < -0.39 is 0 Å². The van der Waals surface area contributed by atoms with Crippen molar-refractivity contribution in [2.45, 2.75) is 26.8 Å². The highest BCUT2D eigenvalue weighted by Crippen LogP contribution is 2.21. The average molecular weight is 342 g/mol. The molecular weight excluding hydrogens is 319 g/mol. The molecule has 5 heteroatoms. The molecule has 0 fully saturated rings. The summed E-state index contributed by atoms with van der Waals surface area (Å²) in [5, 5.41) is 5.99. The van der Waals surface area contributed by atoms with Gasteiger partial charge in [-0.05, 0) is 42.7 Å². The predicted molar refractivity (Wildman–Crippen MR) is 97.1 cm³/mol. The van der Waals surface area contributed by atoms with Crippen LogP contribution in [0.3, 0.4) is 0 Å². The van der Waals surface area contributed by atoms with E-state index in [1.807, 2.05) is 13.8 Å². The average Bonchev–Trinajstić information content (AvgIpc) is 2.56. The molecule has 2 rings (SSSR count). The monoisotopic (exact) mass is 342 g/mol. The number of carbonyl (C=O) groups is 2. The Balaban J connectivity index is 1.98. The quantitative estimate of drug-likeness (QED) is 0.749. The lowest BCUT2D eigenvalue weighted by Gasteiger charge is -2.23. The molecule has 0 heterocycles. The van der Waals surface area contributed by atoms with E-state index >= 15 is 0 Å². The molecule has 0 saturated heterocycles. The van der Waals surface area contributed by atoms with Crippen LogP contribution in [0.1, 0.15) is 42.7 Å². The van der Waals surface area contributed by atoms with Crippen LogP contribution in [0, 0.1) is 11.7 Å². The van der Waals surface area contributed by atoms with Crippen molar-refractivity contribution in [2.24, 2.45) is 5.92 Å². The van der Waals surface area contributed by atoms with E-state index in [1.165, 1.54) is 19.1 Å². The molecule has 0 aliphatic heterocycles. The number of hydrogen-bond donors (Lipinski definition) is 2. The molecule has 0 aliphatic carbocycles. The third-order valence-corrected chi connectivity index (χ3v) is 3.93. The maximum absolute atomic E-state index is 13.1. The summed E-state index contributed by atoms with van der Waals surface area (Å²) in [6.45, 7) is 5.67. The Bertz CT molecular complexity index is 742. The van der Waals surface area contributed by atoms with Crippen LogP contribution >= 0.6 is 0 Å². The topological polar surface area (TPSA) is 58.2 Å². The number of anilines is 1. The second-order valence-electron chi connectivity index (χ2n) is 6.34. The predicted octanol–water partition coefficient (Wildman–Crippen LogP) is 3.95. The van der Waals surface area contributed by atoms with Crippen molar-refractivity contribution in [3.63, 3.8) is 0 Å². The summed E-state index contributed by atoms with van der Waals surface area (Å²) < 4.78 is 13.1. The standard InChI is InChI=1S/C20H23FN2O2/c1-13(2)20(15-7-9-17(21)10-8-15)22-12-19(25)23-18-6-4-5-16(11-18)14(3)24/h4-11,13,20,22H,12H2,1-3H3,(H,23,25). The lowest BCUT2D eigenvalue weighted by molar-refractivity contribution is -0.115. The Labute approximate surface area is 147 Å². The van der Waals surface area contributed by atoms with E-state index in [0.717, 1.165) is 5.56 Å². The van der Waals surface area contributed by atoms with Crippen molar-refractivity contribution in [3.05, 3.63) is 65.5 Å². The largest absolute Gasteiger partial charge is 0.325 e. The van der Waals surface area contributed by atoms with Crippen LogP contribution in [-0.4, -0.2) is 18.2 Å². The molecule has 1 atom stereocenters. The van der Waals surface area contributed by atoms with Gasteiger partial charge in [-0.3, -0.25) is 9.59 Å². The van der Waals surface area contributed by atoms with Crippen LogP contribution in [0.4, 0.5) is 10.1 Å². The lowest BCUT2D eigenvalue weighted by Crippen LogP contribution is -2.33. The van der Waals surface area contributed by atoms with Crippen molar-refractivity contribution in [1.82, 2.24) is 5.32 Å². The number of ketones is 1.